The van der Waals surface area contributed by atoms with Crippen molar-refractivity contribution in [1.29, 1.82) is 0 Å². The van der Waals surface area contributed by atoms with E-state index in [0.717, 1.165) is 0 Å². The summed E-state index contributed by atoms with van der Waals surface area (Å²) < 4.78 is 1.76. The van der Waals surface area contributed by atoms with E-state index in [1.165, 1.54) is 6.92 Å². The van der Waals surface area contributed by atoms with Gasteiger partial charge in [0.1, 0.15) is 5.69 Å². The summed E-state index contributed by atoms with van der Waals surface area (Å²) in [4.78, 5) is 22.4. The smallest absolute Gasteiger partial charge is 0.319 e. The van der Waals surface area contributed by atoms with Gasteiger partial charge in [0.25, 0.3) is 0 Å². The maximum atomic E-state index is 11.1. The highest BCUT2D eigenvalue weighted by Gasteiger charge is 2.25. The summed E-state index contributed by atoms with van der Waals surface area (Å²) in [5.41, 5.74) is 0.199. The van der Waals surface area contributed by atoms with Gasteiger partial charge in [-0.2, -0.15) is 0 Å². The molecule has 0 aliphatic carbocycles. The zero-order valence-electron chi connectivity index (χ0n) is 9.79. The van der Waals surface area contributed by atoms with Crippen molar-refractivity contribution >= 4 is 17.3 Å². The fourth-order valence-electron chi connectivity index (χ4n) is 1.69. The molecule has 2 heterocycles. The van der Waals surface area contributed by atoms with E-state index < -0.39 is 4.92 Å². The SMILES string of the molecule is CCn1ccnc1-c1nc(Cl)nc(C)c1[N+](=O)[O-]. The summed E-state index contributed by atoms with van der Waals surface area (Å²) in [6.07, 6.45) is 3.29. The van der Waals surface area contributed by atoms with Crippen LogP contribution in [0, 0.1) is 17.0 Å². The Kier molecular flexibility index (Phi) is 3.24. The first-order chi connectivity index (χ1) is 8.54. The van der Waals surface area contributed by atoms with Gasteiger partial charge >= 0.3 is 5.69 Å². The van der Waals surface area contributed by atoms with Gasteiger partial charge in [0.2, 0.25) is 5.28 Å². The number of nitrogens with zero attached hydrogens (tertiary/aromatic N) is 5. The van der Waals surface area contributed by atoms with Crippen molar-refractivity contribution in [2.24, 2.45) is 0 Å². The summed E-state index contributed by atoms with van der Waals surface area (Å²) >= 11 is 5.76. The minimum absolute atomic E-state index is 0.0289. The van der Waals surface area contributed by atoms with Crippen LogP contribution < -0.4 is 0 Å². The Morgan fingerprint density at radius 2 is 2.22 bits per heavy atom. The van der Waals surface area contributed by atoms with Gasteiger partial charge in [-0.15, -0.1) is 0 Å². The molecule has 8 heteroatoms. The topological polar surface area (TPSA) is 86.7 Å². The van der Waals surface area contributed by atoms with E-state index in [4.69, 9.17) is 11.6 Å². The molecule has 0 radical (unpaired) electrons. The molecule has 0 N–H and O–H groups in total. The maximum Gasteiger partial charge on any atom is 0.319 e. The van der Waals surface area contributed by atoms with E-state index in [0.29, 0.717) is 12.4 Å². The van der Waals surface area contributed by atoms with Crippen molar-refractivity contribution in [3.63, 3.8) is 0 Å². The summed E-state index contributed by atoms with van der Waals surface area (Å²) in [6.45, 7) is 4.06. The number of hydrogen-bond acceptors (Lipinski definition) is 5. The lowest BCUT2D eigenvalue weighted by atomic mass is 10.2. The van der Waals surface area contributed by atoms with E-state index in [1.807, 2.05) is 6.92 Å². The van der Waals surface area contributed by atoms with Gasteiger partial charge in [0, 0.05) is 18.9 Å². The van der Waals surface area contributed by atoms with Crippen LogP contribution in [-0.2, 0) is 6.54 Å². The van der Waals surface area contributed by atoms with Crippen LogP contribution in [0.2, 0.25) is 5.28 Å². The van der Waals surface area contributed by atoms with Crippen LogP contribution in [0.15, 0.2) is 12.4 Å². The van der Waals surface area contributed by atoms with Crippen LogP contribution in [0.5, 0.6) is 0 Å². The molecule has 18 heavy (non-hydrogen) atoms. The normalized spacial score (nSPS) is 10.6. The van der Waals surface area contributed by atoms with Crippen molar-refractivity contribution < 1.29 is 4.92 Å². The van der Waals surface area contributed by atoms with Gasteiger partial charge in [-0.25, -0.2) is 15.0 Å². The zero-order valence-corrected chi connectivity index (χ0v) is 10.5. The molecule has 2 rings (SSSR count). The molecular weight excluding hydrogens is 258 g/mol. The number of imidazole rings is 1. The number of nitro groups is 1. The number of rotatable bonds is 3. The Bertz CT molecular complexity index is 610. The molecule has 0 atom stereocenters. The third-order valence-corrected chi connectivity index (χ3v) is 2.65. The number of aryl methyl sites for hydroxylation is 2. The third-order valence-electron chi connectivity index (χ3n) is 2.48. The summed E-state index contributed by atoms with van der Waals surface area (Å²) in [7, 11) is 0. The molecule has 2 aromatic heterocycles. The fourth-order valence-corrected chi connectivity index (χ4v) is 1.90. The van der Waals surface area contributed by atoms with Gasteiger partial charge in [-0.05, 0) is 25.4 Å². The lowest BCUT2D eigenvalue weighted by Crippen LogP contribution is -2.05. The van der Waals surface area contributed by atoms with Gasteiger partial charge in [0.15, 0.2) is 11.5 Å². The monoisotopic (exact) mass is 267 g/mol. The van der Waals surface area contributed by atoms with Gasteiger partial charge in [-0.3, -0.25) is 10.1 Å². The second-order valence-corrected chi connectivity index (χ2v) is 3.91. The second kappa shape index (κ2) is 4.69. The summed E-state index contributed by atoms with van der Waals surface area (Å²) in [5, 5.41) is 11.1. The second-order valence-electron chi connectivity index (χ2n) is 3.57. The first-order valence-electron chi connectivity index (χ1n) is 5.24. The molecule has 0 aliphatic heterocycles. The molecule has 0 spiro atoms. The van der Waals surface area contributed by atoms with Crippen LogP contribution in [0.4, 0.5) is 5.69 Å². The summed E-state index contributed by atoms with van der Waals surface area (Å²) in [6, 6.07) is 0. The Morgan fingerprint density at radius 1 is 1.50 bits per heavy atom. The lowest BCUT2D eigenvalue weighted by Gasteiger charge is -2.06. The molecule has 2 aromatic rings. The van der Waals surface area contributed by atoms with Crippen LogP contribution >= 0.6 is 11.6 Å². The molecule has 0 bridgehead atoms. The third kappa shape index (κ3) is 2.04. The van der Waals surface area contributed by atoms with E-state index in [2.05, 4.69) is 15.0 Å². The van der Waals surface area contributed by atoms with Gasteiger partial charge in [-0.1, -0.05) is 0 Å². The molecule has 0 aromatic carbocycles. The van der Waals surface area contributed by atoms with Crippen molar-refractivity contribution in [1.82, 2.24) is 19.5 Å². The Labute approximate surface area is 108 Å². The average Bonchev–Trinajstić information content (AvgIpc) is 2.74. The molecular formula is C10H10ClN5O2. The Hall–Kier alpha value is -2.02. The minimum atomic E-state index is -0.518. The highest BCUT2D eigenvalue weighted by atomic mass is 35.5. The van der Waals surface area contributed by atoms with Crippen LogP contribution in [0.1, 0.15) is 12.6 Å². The van der Waals surface area contributed by atoms with Crippen LogP contribution in [0.25, 0.3) is 11.5 Å². The molecule has 7 nitrogen and oxygen atoms in total. The highest BCUT2D eigenvalue weighted by Crippen LogP contribution is 2.29. The highest BCUT2D eigenvalue weighted by molar-refractivity contribution is 6.28. The fraction of sp³-hybridized carbons (Fsp3) is 0.300. The minimum Gasteiger partial charge on any atom is -0.330 e. The first-order valence-corrected chi connectivity index (χ1v) is 5.62. The van der Waals surface area contributed by atoms with Crippen LogP contribution in [0.3, 0.4) is 0 Å². The Morgan fingerprint density at radius 3 is 2.83 bits per heavy atom. The van der Waals surface area contributed by atoms with Gasteiger partial charge < -0.3 is 4.57 Å². The largest absolute Gasteiger partial charge is 0.330 e. The molecule has 94 valence electrons. The molecule has 0 amide bonds. The Balaban J connectivity index is 2.73. The standard InChI is InChI=1S/C10H10ClN5O2/c1-3-15-5-4-12-9(15)7-8(16(17)18)6(2)13-10(11)14-7/h4-5H,3H2,1-2H3. The van der Waals surface area contributed by atoms with Crippen molar-refractivity contribution in [3.8, 4) is 11.5 Å². The quantitative estimate of drug-likeness (QED) is 0.483. The average molecular weight is 268 g/mol. The van der Waals surface area contributed by atoms with E-state index in [9.17, 15) is 10.1 Å². The zero-order chi connectivity index (χ0) is 13.3. The first kappa shape index (κ1) is 12.4. The van der Waals surface area contributed by atoms with Crippen molar-refractivity contribution in [2.45, 2.75) is 20.4 Å². The summed E-state index contributed by atoms with van der Waals surface area (Å²) in [5.74, 6) is 0.414. The molecule has 0 saturated heterocycles. The predicted molar refractivity (Wildman–Crippen MR) is 65.3 cm³/mol. The number of aromatic nitrogens is 4. The number of hydrogen-bond donors (Lipinski definition) is 0. The maximum absolute atomic E-state index is 11.1. The molecule has 0 saturated carbocycles. The number of halogens is 1. The molecule has 0 fully saturated rings. The van der Waals surface area contributed by atoms with Crippen molar-refractivity contribution in [3.05, 3.63) is 33.5 Å². The predicted octanol–water partition coefficient (Wildman–Crippen LogP) is 2.23. The van der Waals surface area contributed by atoms with Gasteiger partial charge in [0.05, 0.1) is 4.92 Å². The lowest BCUT2D eigenvalue weighted by molar-refractivity contribution is -0.385. The van der Waals surface area contributed by atoms with E-state index >= 15 is 0 Å². The van der Waals surface area contributed by atoms with E-state index in [-0.39, 0.29) is 22.4 Å². The molecule has 0 aliphatic rings. The van der Waals surface area contributed by atoms with Crippen molar-refractivity contribution in [2.75, 3.05) is 0 Å². The van der Waals surface area contributed by atoms with E-state index in [1.54, 1.807) is 17.0 Å². The van der Waals surface area contributed by atoms with Crippen LogP contribution in [-0.4, -0.2) is 24.4 Å². The molecule has 0 unspecified atom stereocenters.